The fraction of sp³-hybridized carbons (Fsp3) is 0.471. The lowest BCUT2D eigenvalue weighted by Crippen LogP contribution is -2.55. The summed E-state index contributed by atoms with van der Waals surface area (Å²) in [5.41, 5.74) is -1.18. The number of piperazine rings is 1. The molecule has 0 radical (unpaired) electrons. The molecule has 0 bridgehead atoms. The summed E-state index contributed by atoms with van der Waals surface area (Å²) in [7, 11) is -4.29. The van der Waals surface area contributed by atoms with Crippen LogP contribution < -0.4 is 5.32 Å². The highest BCUT2D eigenvalue weighted by Gasteiger charge is 2.40. The normalized spacial score (nSPS) is 18.1. The van der Waals surface area contributed by atoms with E-state index in [-0.39, 0.29) is 32.1 Å². The van der Waals surface area contributed by atoms with Crippen LogP contribution in [0.3, 0.4) is 0 Å². The molecular formula is C17H22F3N3O3S. The maximum Gasteiger partial charge on any atom is 0.417 e. The number of benzene rings is 1. The summed E-state index contributed by atoms with van der Waals surface area (Å²) >= 11 is 0. The predicted molar refractivity (Wildman–Crippen MR) is 94.4 cm³/mol. The number of halogens is 3. The number of carbonyl (C=O) groups excluding carboxylic acids is 1. The molecule has 1 N–H and O–H groups in total. The molecule has 1 saturated heterocycles. The maximum absolute atomic E-state index is 13.2. The van der Waals surface area contributed by atoms with Crippen LogP contribution in [0, 0.1) is 0 Å². The molecule has 27 heavy (non-hydrogen) atoms. The van der Waals surface area contributed by atoms with Crippen LogP contribution in [0.5, 0.6) is 0 Å². The first kappa shape index (κ1) is 21.4. The van der Waals surface area contributed by atoms with Crippen molar-refractivity contribution in [3.05, 3.63) is 42.5 Å². The van der Waals surface area contributed by atoms with Crippen LogP contribution in [-0.4, -0.2) is 62.3 Å². The van der Waals surface area contributed by atoms with Gasteiger partial charge in [0, 0.05) is 32.7 Å². The van der Waals surface area contributed by atoms with Gasteiger partial charge in [-0.3, -0.25) is 9.69 Å². The first-order valence-electron chi connectivity index (χ1n) is 8.38. The third-order valence-corrected chi connectivity index (χ3v) is 6.39. The summed E-state index contributed by atoms with van der Waals surface area (Å²) in [6.45, 7) is 6.04. The van der Waals surface area contributed by atoms with Gasteiger partial charge in [-0.05, 0) is 19.1 Å². The number of hydrogen-bond acceptors (Lipinski definition) is 4. The molecule has 10 heteroatoms. The average Bonchev–Trinajstić information content (AvgIpc) is 2.65. The van der Waals surface area contributed by atoms with Gasteiger partial charge in [-0.1, -0.05) is 18.2 Å². The summed E-state index contributed by atoms with van der Waals surface area (Å²) in [4.78, 5) is 13.0. The molecule has 2 rings (SSSR count). The maximum atomic E-state index is 13.2. The second-order valence-electron chi connectivity index (χ2n) is 6.14. The van der Waals surface area contributed by atoms with Crippen molar-refractivity contribution < 1.29 is 26.4 Å². The number of nitrogens with zero attached hydrogens (tertiary/aromatic N) is 2. The summed E-state index contributed by atoms with van der Waals surface area (Å²) in [6.07, 6.45) is -3.21. The van der Waals surface area contributed by atoms with Crippen LogP contribution in [0.1, 0.15) is 12.5 Å². The van der Waals surface area contributed by atoms with Crippen molar-refractivity contribution in [2.75, 3.05) is 32.7 Å². The second-order valence-corrected chi connectivity index (χ2v) is 8.05. The van der Waals surface area contributed by atoms with Crippen LogP contribution in [0.25, 0.3) is 0 Å². The highest BCUT2D eigenvalue weighted by atomic mass is 32.2. The van der Waals surface area contributed by atoms with E-state index >= 15 is 0 Å². The second kappa shape index (κ2) is 8.41. The largest absolute Gasteiger partial charge is 0.417 e. The molecule has 1 aliphatic rings. The molecule has 0 aromatic heterocycles. The van der Waals surface area contributed by atoms with E-state index in [1.54, 1.807) is 17.9 Å². The van der Waals surface area contributed by atoms with Crippen molar-refractivity contribution in [2.45, 2.75) is 24.0 Å². The molecule has 1 aromatic rings. The molecule has 1 fully saturated rings. The predicted octanol–water partition coefficient (Wildman–Crippen LogP) is 1.70. The first-order chi connectivity index (χ1) is 12.6. The van der Waals surface area contributed by atoms with E-state index in [1.165, 1.54) is 6.07 Å². The fourth-order valence-electron chi connectivity index (χ4n) is 2.88. The molecule has 0 aliphatic carbocycles. The van der Waals surface area contributed by atoms with Crippen molar-refractivity contribution in [3.8, 4) is 0 Å². The average molecular weight is 405 g/mol. The van der Waals surface area contributed by atoms with E-state index in [2.05, 4.69) is 11.9 Å². The van der Waals surface area contributed by atoms with Gasteiger partial charge in [0.1, 0.15) is 0 Å². The Balaban J connectivity index is 2.12. The highest BCUT2D eigenvalue weighted by molar-refractivity contribution is 7.89. The van der Waals surface area contributed by atoms with Crippen LogP contribution in [0.2, 0.25) is 0 Å². The molecule has 0 spiro atoms. The van der Waals surface area contributed by atoms with E-state index in [0.29, 0.717) is 6.54 Å². The molecule has 6 nitrogen and oxygen atoms in total. The lowest BCUT2D eigenvalue weighted by Gasteiger charge is -2.37. The van der Waals surface area contributed by atoms with Gasteiger partial charge < -0.3 is 5.32 Å². The van der Waals surface area contributed by atoms with Gasteiger partial charge in [0.15, 0.2) is 0 Å². The standard InChI is InChI=1S/C17H22F3N3O3S/c1-3-8-21-16(24)13(2)22-9-11-23(12-10-22)27(25,26)15-7-5-4-6-14(15)17(18,19)20/h3-7,13H,1,8-12H2,2H3,(H,21,24)/t13-/m1/s1. The van der Waals surface area contributed by atoms with E-state index in [1.807, 2.05) is 0 Å². The van der Waals surface area contributed by atoms with Crippen LogP contribution >= 0.6 is 0 Å². The number of hydrogen-bond donors (Lipinski definition) is 1. The zero-order valence-corrected chi connectivity index (χ0v) is 15.7. The Hall–Kier alpha value is -1.91. The Bertz CT molecular complexity index is 788. The van der Waals surface area contributed by atoms with Gasteiger partial charge in [-0.15, -0.1) is 6.58 Å². The van der Waals surface area contributed by atoms with Crippen molar-refractivity contribution in [3.63, 3.8) is 0 Å². The number of nitrogens with one attached hydrogen (secondary N) is 1. The highest BCUT2D eigenvalue weighted by Crippen LogP contribution is 2.35. The summed E-state index contributed by atoms with van der Waals surface area (Å²) in [6, 6.07) is 3.68. The van der Waals surface area contributed by atoms with E-state index < -0.39 is 32.7 Å². The Morgan fingerprint density at radius 3 is 2.41 bits per heavy atom. The Morgan fingerprint density at radius 1 is 1.26 bits per heavy atom. The van der Waals surface area contributed by atoms with Gasteiger partial charge in [-0.25, -0.2) is 8.42 Å². The minimum atomic E-state index is -4.76. The molecule has 150 valence electrons. The van der Waals surface area contributed by atoms with Crippen LogP contribution in [0.15, 0.2) is 41.8 Å². The Kier molecular flexibility index (Phi) is 6.66. The summed E-state index contributed by atoms with van der Waals surface area (Å²) < 4.78 is 66.0. The monoisotopic (exact) mass is 405 g/mol. The van der Waals surface area contributed by atoms with Crippen molar-refractivity contribution in [1.29, 1.82) is 0 Å². The fourth-order valence-corrected chi connectivity index (χ4v) is 4.52. The number of carbonyl (C=O) groups is 1. The zero-order chi connectivity index (χ0) is 20.2. The smallest absolute Gasteiger partial charge is 0.351 e. The van der Waals surface area contributed by atoms with Gasteiger partial charge in [0.25, 0.3) is 0 Å². The molecule has 1 aliphatic heterocycles. The lowest BCUT2D eigenvalue weighted by atomic mass is 10.2. The van der Waals surface area contributed by atoms with E-state index in [4.69, 9.17) is 0 Å². The number of alkyl halides is 3. The molecule has 0 saturated carbocycles. The number of rotatable bonds is 6. The van der Waals surface area contributed by atoms with Crippen molar-refractivity contribution >= 4 is 15.9 Å². The van der Waals surface area contributed by atoms with Crippen LogP contribution in [0.4, 0.5) is 13.2 Å². The SMILES string of the molecule is C=CCNC(=O)[C@@H](C)N1CCN(S(=O)(=O)c2ccccc2C(F)(F)F)CC1. The van der Waals surface area contributed by atoms with Crippen molar-refractivity contribution in [1.82, 2.24) is 14.5 Å². The molecule has 1 amide bonds. The minimum Gasteiger partial charge on any atom is -0.351 e. The van der Waals surface area contributed by atoms with Gasteiger partial charge >= 0.3 is 6.18 Å². The van der Waals surface area contributed by atoms with Gasteiger partial charge in [-0.2, -0.15) is 17.5 Å². The molecule has 1 heterocycles. The number of amides is 1. The topological polar surface area (TPSA) is 69.7 Å². The first-order valence-corrected chi connectivity index (χ1v) is 9.82. The van der Waals surface area contributed by atoms with Crippen LogP contribution in [-0.2, 0) is 21.0 Å². The molecule has 1 aromatic carbocycles. The third-order valence-electron chi connectivity index (χ3n) is 4.43. The summed E-state index contributed by atoms with van der Waals surface area (Å²) in [5.74, 6) is -0.214. The molecular weight excluding hydrogens is 383 g/mol. The summed E-state index contributed by atoms with van der Waals surface area (Å²) in [5, 5.41) is 2.67. The zero-order valence-electron chi connectivity index (χ0n) is 14.9. The Labute approximate surface area is 156 Å². The van der Waals surface area contributed by atoms with Gasteiger partial charge in [0.2, 0.25) is 15.9 Å². The lowest BCUT2D eigenvalue weighted by molar-refractivity contribution is -0.140. The third kappa shape index (κ3) is 4.88. The quantitative estimate of drug-likeness (QED) is 0.732. The molecule has 0 unspecified atom stereocenters. The van der Waals surface area contributed by atoms with Crippen molar-refractivity contribution in [2.24, 2.45) is 0 Å². The Morgan fingerprint density at radius 2 is 1.85 bits per heavy atom. The minimum absolute atomic E-state index is 0.00754. The number of sulfonamides is 1. The molecule has 1 atom stereocenters. The van der Waals surface area contributed by atoms with Gasteiger partial charge in [0.05, 0.1) is 16.5 Å². The van der Waals surface area contributed by atoms with E-state index in [9.17, 15) is 26.4 Å². The van der Waals surface area contributed by atoms with E-state index in [0.717, 1.165) is 22.5 Å².